The molecule has 0 unspecified atom stereocenters. The van der Waals surface area contributed by atoms with Crippen molar-refractivity contribution >= 4 is 17.3 Å². The molecule has 6 heteroatoms. The molecule has 1 saturated carbocycles. The highest BCUT2D eigenvalue weighted by Crippen LogP contribution is 2.46. The molecular weight excluding hydrogens is 236 g/mol. The minimum atomic E-state index is -0.843. The van der Waals surface area contributed by atoms with Gasteiger partial charge in [0.15, 0.2) is 0 Å². The van der Waals surface area contributed by atoms with Crippen molar-refractivity contribution in [2.45, 2.75) is 19.8 Å². The average Bonchev–Trinajstić information content (AvgIpc) is 3.08. The molecule has 0 radical (unpaired) electrons. The van der Waals surface area contributed by atoms with Crippen LogP contribution in [0.3, 0.4) is 0 Å². The van der Waals surface area contributed by atoms with Gasteiger partial charge in [0.1, 0.15) is 5.69 Å². The average molecular weight is 250 g/mol. The number of anilines is 1. The molecule has 1 aliphatic carbocycles. The van der Waals surface area contributed by atoms with E-state index in [0.29, 0.717) is 18.5 Å². The second kappa shape index (κ2) is 4.29. The van der Waals surface area contributed by atoms with Crippen molar-refractivity contribution in [2.24, 2.45) is 5.41 Å². The van der Waals surface area contributed by atoms with Crippen molar-refractivity contribution in [1.82, 2.24) is 0 Å². The highest BCUT2D eigenvalue weighted by molar-refractivity contribution is 5.79. The topological polar surface area (TPSA) is 92.5 Å². The third-order valence-corrected chi connectivity index (χ3v) is 3.27. The van der Waals surface area contributed by atoms with E-state index in [1.807, 2.05) is 0 Å². The summed E-state index contributed by atoms with van der Waals surface area (Å²) in [5.41, 5.74) is 0.416. The summed E-state index contributed by atoms with van der Waals surface area (Å²) in [5, 5.41) is 22.8. The number of hydrogen-bond donors (Lipinski definition) is 2. The van der Waals surface area contributed by atoms with E-state index in [2.05, 4.69) is 5.32 Å². The number of aliphatic carboxylic acids is 1. The quantitative estimate of drug-likeness (QED) is 0.617. The van der Waals surface area contributed by atoms with Crippen LogP contribution in [0, 0.1) is 22.5 Å². The number of rotatable bonds is 5. The molecule has 1 fully saturated rings. The zero-order valence-corrected chi connectivity index (χ0v) is 9.97. The van der Waals surface area contributed by atoms with Gasteiger partial charge in [-0.1, -0.05) is 6.07 Å². The Hall–Kier alpha value is -2.11. The first-order chi connectivity index (χ1) is 8.44. The van der Waals surface area contributed by atoms with Gasteiger partial charge in [-0.05, 0) is 31.4 Å². The van der Waals surface area contributed by atoms with Gasteiger partial charge in [-0.25, -0.2) is 0 Å². The normalized spacial score (nSPS) is 16.1. The van der Waals surface area contributed by atoms with E-state index in [9.17, 15) is 14.9 Å². The molecule has 0 amide bonds. The summed E-state index contributed by atoms with van der Waals surface area (Å²) in [6.45, 7) is 2.00. The smallest absolute Gasteiger partial charge is 0.311 e. The van der Waals surface area contributed by atoms with Crippen molar-refractivity contribution in [3.8, 4) is 0 Å². The molecule has 0 spiro atoms. The van der Waals surface area contributed by atoms with E-state index in [0.717, 1.165) is 5.56 Å². The molecular formula is C12H14N2O4. The molecule has 0 atom stereocenters. The summed E-state index contributed by atoms with van der Waals surface area (Å²) in [7, 11) is 0. The Morgan fingerprint density at radius 2 is 2.22 bits per heavy atom. The molecule has 0 saturated heterocycles. The number of benzene rings is 1. The molecule has 18 heavy (non-hydrogen) atoms. The summed E-state index contributed by atoms with van der Waals surface area (Å²) in [6, 6.07) is 4.85. The van der Waals surface area contributed by atoms with E-state index in [4.69, 9.17) is 5.11 Å². The molecule has 0 aliphatic heterocycles. The molecule has 0 aromatic heterocycles. The van der Waals surface area contributed by atoms with Gasteiger partial charge < -0.3 is 10.4 Å². The van der Waals surface area contributed by atoms with E-state index in [1.165, 1.54) is 6.07 Å². The molecule has 1 aromatic carbocycles. The highest BCUT2D eigenvalue weighted by atomic mass is 16.6. The van der Waals surface area contributed by atoms with Gasteiger partial charge in [0, 0.05) is 12.6 Å². The van der Waals surface area contributed by atoms with Crippen LogP contribution in [0.25, 0.3) is 0 Å². The maximum absolute atomic E-state index is 11.0. The minimum absolute atomic E-state index is 0.0174. The van der Waals surface area contributed by atoms with Crippen LogP contribution in [0.2, 0.25) is 0 Å². The second-order valence-electron chi connectivity index (χ2n) is 4.72. The summed E-state index contributed by atoms with van der Waals surface area (Å²) in [5.74, 6) is -0.843. The van der Waals surface area contributed by atoms with Crippen molar-refractivity contribution in [2.75, 3.05) is 11.9 Å². The van der Waals surface area contributed by atoms with Crippen LogP contribution in [0.1, 0.15) is 18.4 Å². The van der Waals surface area contributed by atoms with Crippen LogP contribution < -0.4 is 5.32 Å². The van der Waals surface area contributed by atoms with Gasteiger partial charge in [0.25, 0.3) is 5.69 Å². The van der Waals surface area contributed by atoms with Gasteiger partial charge >= 0.3 is 5.97 Å². The first-order valence-corrected chi connectivity index (χ1v) is 5.67. The number of nitrogens with zero attached hydrogens (tertiary/aromatic N) is 1. The van der Waals surface area contributed by atoms with Crippen LogP contribution in [-0.2, 0) is 4.79 Å². The Balaban J connectivity index is 2.15. The number of nitro groups is 1. The molecule has 1 aromatic rings. The molecule has 1 aliphatic rings. The standard InChI is InChI=1S/C12H14N2O4/c1-8-2-3-9(10(6-8)14(17)18)13-7-12(4-5-12)11(15)16/h2-3,6,13H,4-5,7H2,1H3,(H,15,16). The summed E-state index contributed by atoms with van der Waals surface area (Å²) in [6.07, 6.45) is 1.24. The van der Waals surface area contributed by atoms with Gasteiger partial charge in [-0.3, -0.25) is 14.9 Å². The number of nitrogens with one attached hydrogen (secondary N) is 1. The number of nitro benzene ring substituents is 1. The fourth-order valence-electron chi connectivity index (χ4n) is 1.82. The van der Waals surface area contributed by atoms with E-state index < -0.39 is 16.3 Å². The first kappa shape index (κ1) is 12.3. The molecule has 2 N–H and O–H groups in total. The summed E-state index contributed by atoms with van der Waals surface area (Å²) >= 11 is 0. The van der Waals surface area contributed by atoms with Crippen molar-refractivity contribution in [3.05, 3.63) is 33.9 Å². The number of hydrogen-bond acceptors (Lipinski definition) is 4. The Morgan fingerprint density at radius 1 is 1.56 bits per heavy atom. The lowest BCUT2D eigenvalue weighted by Crippen LogP contribution is -2.24. The van der Waals surface area contributed by atoms with E-state index in [-0.39, 0.29) is 12.2 Å². The van der Waals surface area contributed by atoms with Crippen LogP contribution in [0.15, 0.2) is 18.2 Å². The van der Waals surface area contributed by atoms with Crippen LogP contribution >= 0.6 is 0 Å². The fourth-order valence-corrected chi connectivity index (χ4v) is 1.82. The Kier molecular flexibility index (Phi) is 2.94. The first-order valence-electron chi connectivity index (χ1n) is 5.67. The zero-order valence-electron chi connectivity index (χ0n) is 9.97. The summed E-state index contributed by atoms with van der Waals surface area (Å²) < 4.78 is 0. The van der Waals surface area contributed by atoms with Crippen LogP contribution in [0.4, 0.5) is 11.4 Å². The Morgan fingerprint density at radius 3 is 2.72 bits per heavy atom. The third-order valence-electron chi connectivity index (χ3n) is 3.27. The molecule has 2 rings (SSSR count). The van der Waals surface area contributed by atoms with Gasteiger partial charge in [-0.15, -0.1) is 0 Å². The maximum Gasteiger partial charge on any atom is 0.311 e. The fraction of sp³-hybridized carbons (Fsp3) is 0.417. The largest absolute Gasteiger partial charge is 0.481 e. The SMILES string of the molecule is Cc1ccc(NCC2(C(=O)O)CC2)c([N+](=O)[O-])c1. The lowest BCUT2D eigenvalue weighted by molar-refractivity contribution is -0.384. The maximum atomic E-state index is 11.0. The lowest BCUT2D eigenvalue weighted by Gasteiger charge is -2.12. The van der Waals surface area contributed by atoms with Crippen LogP contribution in [-0.4, -0.2) is 22.5 Å². The van der Waals surface area contributed by atoms with Crippen molar-refractivity contribution < 1.29 is 14.8 Å². The predicted octanol–water partition coefficient (Wildman–Crippen LogP) is 2.18. The van der Waals surface area contributed by atoms with E-state index in [1.54, 1.807) is 19.1 Å². The molecule has 6 nitrogen and oxygen atoms in total. The molecule has 0 heterocycles. The Labute approximate surface area is 104 Å². The lowest BCUT2D eigenvalue weighted by atomic mass is 10.1. The highest BCUT2D eigenvalue weighted by Gasteiger charge is 2.50. The number of carboxylic acid groups (broad SMARTS) is 1. The predicted molar refractivity (Wildman–Crippen MR) is 65.6 cm³/mol. The number of carboxylic acids is 1. The number of carbonyl (C=O) groups is 1. The van der Waals surface area contributed by atoms with Crippen molar-refractivity contribution in [1.29, 1.82) is 0 Å². The van der Waals surface area contributed by atoms with Crippen LogP contribution in [0.5, 0.6) is 0 Å². The second-order valence-corrected chi connectivity index (χ2v) is 4.72. The van der Waals surface area contributed by atoms with E-state index >= 15 is 0 Å². The zero-order chi connectivity index (χ0) is 13.3. The third kappa shape index (κ3) is 2.27. The summed E-state index contributed by atoms with van der Waals surface area (Å²) in [4.78, 5) is 21.4. The monoisotopic (exact) mass is 250 g/mol. The van der Waals surface area contributed by atoms with Gasteiger partial charge in [-0.2, -0.15) is 0 Å². The minimum Gasteiger partial charge on any atom is -0.481 e. The molecule has 0 bridgehead atoms. The molecule has 96 valence electrons. The van der Waals surface area contributed by atoms with Gasteiger partial charge in [0.2, 0.25) is 0 Å². The van der Waals surface area contributed by atoms with Gasteiger partial charge in [0.05, 0.1) is 10.3 Å². The Bertz CT molecular complexity index is 509. The number of aryl methyl sites for hydroxylation is 1. The van der Waals surface area contributed by atoms with Crippen molar-refractivity contribution in [3.63, 3.8) is 0 Å².